The Hall–Kier alpha value is -1.88. The first-order chi connectivity index (χ1) is 7.61. The van der Waals surface area contributed by atoms with Crippen molar-refractivity contribution in [3.63, 3.8) is 0 Å². The van der Waals surface area contributed by atoms with Gasteiger partial charge in [-0.05, 0) is 18.2 Å². The average molecular weight is 240 g/mol. The predicted molar refractivity (Wildman–Crippen MR) is 55.5 cm³/mol. The number of carbonyl (C=O) groups excluding carboxylic acids is 3. The fraction of sp³-hybridized carbons (Fsp3) is 0.100. The molecule has 82 valence electrons. The van der Waals surface area contributed by atoms with Crippen molar-refractivity contribution >= 4 is 35.1 Å². The van der Waals surface area contributed by atoms with Crippen LogP contribution in [-0.4, -0.2) is 23.7 Å². The molecule has 1 heterocycles. The number of benzene rings is 1. The number of carbonyl (C=O) groups is 3. The van der Waals surface area contributed by atoms with Crippen LogP contribution in [0.4, 0.5) is 5.69 Å². The summed E-state index contributed by atoms with van der Waals surface area (Å²) < 4.78 is 4.40. The number of amides is 1. The fourth-order valence-electron chi connectivity index (χ4n) is 1.36. The molecule has 1 amide bonds. The van der Waals surface area contributed by atoms with E-state index >= 15 is 0 Å². The van der Waals surface area contributed by atoms with Gasteiger partial charge >= 0.3 is 11.9 Å². The predicted octanol–water partition coefficient (Wildman–Crippen LogP) is 1.17. The summed E-state index contributed by atoms with van der Waals surface area (Å²) in [4.78, 5) is 33.3. The van der Waals surface area contributed by atoms with Crippen LogP contribution in [0.25, 0.3) is 0 Å². The van der Waals surface area contributed by atoms with Crippen LogP contribution < -0.4 is 5.32 Å². The maximum atomic E-state index is 11.2. The number of halogens is 1. The van der Waals surface area contributed by atoms with Crippen molar-refractivity contribution < 1.29 is 19.1 Å². The highest BCUT2D eigenvalue weighted by atomic mass is 35.5. The molecule has 2 rings (SSSR count). The average Bonchev–Trinajstić information content (AvgIpc) is 2.54. The van der Waals surface area contributed by atoms with Crippen molar-refractivity contribution in [2.75, 3.05) is 11.2 Å². The molecular formula is C10H6ClNO4. The second kappa shape index (κ2) is 3.94. The number of nitrogens with one attached hydrogen (secondary N) is 1. The minimum atomic E-state index is -0.707. The van der Waals surface area contributed by atoms with Crippen molar-refractivity contribution in [3.05, 3.63) is 29.3 Å². The van der Waals surface area contributed by atoms with Gasteiger partial charge in [-0.1, -0.05) is 0 Å². The molecule has 0 unspecified atom stereocenters. The fourth-order valence-corrected chi connectivity index (χ4v) is 1.42. The molecular weight excluding hydrogens is 234 g/mol. The molecule has 16 heavy (non-hydrogen) atoms. The van der Waals surface area contributed by atoms with Gasteiger partial charge in [-0.15, -0.1) is 11.6 Å². The largest absolute Gasteiger partial charge is 0.386 e. The standard InChI is InChI=1S/C10H6ClNO4/c11-4-8(13)12-5-1-2-6-7(3-5)10(15)16-9(6)14/h1-3H,4H2,(H,12,13). The lowest BCUT2D eigenvalue weighted by molar-refractivity contribution is -0.113. The van der Waals surface area contributed by atoms with Gasteiger partial charge in [-0.3, -0.25) is 4.79 Å². The summed E-state index contributed by atoms with van der Waals surface area (Å²) in [7, 11) is 0. The topological polar surface area (TPSA) is 72.5 Å². The molecule has 0 fully saturated rings. The van der Waals surface area contributed by atoms with Gasteiger partial charge in [0.1, 0.15) is 5.88 Å². The summed E-state index contributed by atoms with van der Waals surface area (Å²) in [6, 6.07) is 4.31. The first-order valence-electron chi connectivity index (χ1n) is 4.38. The van der Waals surface area contributed by atoms with Gasteiger partial charge in [0, 0.05) is 5.69 Å². The second-order valence-corrected chi connectivity index (χ2v) is 3.39. The lowest BCUT2D eigenvalue weighted by atomic mass is 10.1. The first kappa shape index (κ1) is 10.6. The first-order valence-corrected chi connectivity index (χ1v) is 4.91. The normalized spacial score (nSPS) is 13.3. The lowest BCUT2D eigenvalue weighted by Crippen LogP contribution is -2.12. The Labute approximate surface area is 95.3 Å². The molecule has 1 aliphatic rings. The Morgan fingerprint density at radius 3 is 2.62 bits per heavy atom. The van der Waals surface area contributed by atoms with Gasteiger partial charge in [0.05, 0.1) is 11.1 Å². The van der Waals surface area contributed by atoms with Gasteiger partial charge in [0.15, 0.2) is 0 Å². The maximum absolute atomic E-state index is 11.2. The summed E-state index contributed by atoms with van der Waals surface area (Å²) in [6.45, 7) is 0. The van der Waals surface area contributed by atoms with Crippen LogP contribution in [0.5, 0.6) is 0 Å². The SMILES string of the molecule is O=C(CCl)Nc1ccc2c(c1)C(=O)OC2=O. The van der Waals surface area contributed by atoms with Crippen LogP contribution in [0.3, 0.4) is 0 Å². The van der Waals surface area contributed by atoms with Gasteiger partial charge in [-0.2, -0.15) is 0 Å². The molecule has 0 saturated carbocycles. The molecule has 1 N–H and O–H groups in total. The van der Waals surface area contributed by atoms with Gasteiger partial charge in [0.25, 0.3) is 0 Å². The van der Waals surface area contributed by atoms with E-state index in [0.29, 0.717) is 5.69 Å². The molecule has 0 radical (unpaired) electrons. The number of esters is 2. The highest BCUT2D eigenvalue weighted by molar-refractivity contribution is 6.29. The summed E-state index contributed by atoms with van der Waals surface area (Å²) >= 11 is 5.31. The zero-order valence-electron chi connectivity index (χ0n) is 7.95. The van der Waals surface area contributed by atoms with Crippen LogP contribution in [0, 0.1) is 0 Å². The molecule has 0 atom stereocenters. The summed E-state index contributed by atoms with van der Waals surface area (Å²) in [5.74, 6) is -1.95. The third kappa shape index (κ3) is 1.77. The summed E-state index contributed by atoms with van der Waals surface area (Å²) in [5.41, 5.74) is 0.752. The zero-order chi connectivity index (χ0) is 11.7. The third-order valence-corrected chi connectivity index (χ3v) is 2.29. The number of cyclic esters (lactones) is 2. The molecule has 0 spiro atoms. The quantitative estimate of drug-likeness (QED) is 0.478. The molecule has 1 aromatic rings. The molecule has 0 saturated heterocycles. The Morgan fingerprint density at radius 1 is 1.25 bits per heavy atom. The molecule has 6 heteroatoms. The number of rotatable bonds is 2. The number of hydrogen-bond donors (Lipinski definition) is 1. The number of ether oxygens (including phenoxy) is 1. The number of fused-ring (bicyclic) bond motifs is 1. The van der Waals surface area contributed by atoms with Crippen molar-refractivity contribution in [3.8, 4) is 0 Å². The molecule has 0 aromatic heterocycles. The van der Waals surface area contributed by atoms with Crippen molar-refractivity contribution in [2.24, 2.45) is 0 Å². The van der Waals surface area contributed by atoms with E-state index in [9.17, 15) is 14.4 Å². The highest BCUT2D eigenvalue weighted by Gasteiger charge is 2.29. The monoisotopic (exact) mass is 239 g/mol. The molecule has 0 bridgehead atoms. The molecule has 5 nitrogen and oxygen atoms in total. The number of anilines is 1. The smallest absolute Gasteiger partial charge is 0.346 e. The van der Waals surface area contributed by atoms with E-state index in [4.69, 9.17) is 11.6 Å². The Balaban J connectivity index is 2.33. The van der Waals surface area contributed by atoms with Crippen LogP contribution in [0.15, 0.2) is 18.2 Å². The Morgan fingerprint density at radius 2 is 1.94 bits per heavy atom. The minimum absolute atomic E-state index is 0.150. The molecule has 0 aliphatic carbocycles. The third-order valence-electron chi connectivity index (χ3n) is 2.05. The number of hydrogen-bond acceptors (Lipinski definition) is 4. The van der Waals surface area contributed by atoms with E-state index in [-0.39, 0.29) is 22.9 Å². The van der Waals surface area contributed by atoms with E-state index < -0.39 is 11.9 Å². The molecule has 1 aliphatic heterocycles. The van der Waals surface area contributed by atoms with E-state index in [2.05, 4.69) is 10.1 Å². The highest BCUT2D eigenvalue weighted by Crippen LogP contribution is 2.23. The molecule has 1 aromatic carbocycles. The van der Waals surface area contributed by atoms with Gasteiger partial charge in [0.2, 0.25) is 5.91 Å². The maximum Gasteiger partial charge on any atom is 0.346 e. The minimum Gasteiger partial charge on any atom is -0.386 e. The van der Waals surface area contributed by atoms with Gasteiger partial charge in [-0.25, -0.2) is 9.59 Å². The Kier molecular flexibility index (Phi) is 2.62. The van der Waals surface area contributed by atoms with Crippen LogP contribution >= 0.6 is 11.6 Å². The van der Waals surface area contributed by atoms with Crippen LogP contribution in [-0.2, 0) is 9.53 Å². The van der Waals surface area contributed by atoms with Crippen molar-refractivity contribution in [1.29, 1.82) is 0 Å². The van der Waals surface area contributed by atoms with E-state index in [0.717, 1.165) is 0 Å². The van der Waals surface area contributed by atoms with E-state index in [1.807, 2.05) is 0 Å². The zero-order valence-corrected chi connectivity index (χ0v) is 8.71. The van der Waals surface area contributed by atoms with E-state index in [1.165, 1.54) is 18.2 Å². The van der Waals surface area contributed by atoms with Crippen molar-refractivity contribution in [2.45, 2.75) is 0 Å². The lowest BCUT2D eigenvalue weighted by Gasteiger charge is -2.02. The van der Waals surface area contributed by atoms with E-state index in [1.54, 1.807) is 0 Å². The van der Waals surface area contributed by atoms with Crippen LogP contribution in [0.1, 0.15) is 20.7 Å². The van der Waals surface area contributed by atoms with Crippen molar-refractivity contribution in [1.82, 2.24) is 0 Å². The van der Waals surface area contributed by atoms with Crippen LogP contribution in [0.2, 0.25) is 0 Å². The Bertz CT molecular complexity index is 498. The summed E-state index contributed by atoms with van der Waals surface area (Å²) in [5, 5.41) is 2.47. The summed E-state index contributed by atoms with van der Waals surface area (Å²) in [6.07, 6.45) is 0. The number of alkyl halides is 1. The second-order valence-electron chi connectivity index (χ2n) is 3.12. The van der Waals surface area contributed by atoms with Gasteiger partial charge < -0.3 is 10.1 Å².